The summed E-state index contributed by atoms with van der Waals surface area (Å²) in [4.78, 5) is 35.9. The lowest BCUT2D eigenvalue weighted by Gasteiger charge is -2.16. The molecule has 0 bridgehead atoms. The fourth-order valence-corrected chi connectivity index (χ4v) is 2.04. The minimum Gasteiger partial charge on any atom is -0.463 e. The van der Waals surface area contributed by atoms with E-state index in [1.165, 1.54) is 17.7 Å². The average molecular weight is 284 g/mol. The second kappa shape index (κ2) is 5.59. The molecule has 2 heterocycles. The van der Waals surface area contributed by atoms with Gasteiger partial charge >= 0.3 is 11.7 Å². The van der Waals surface area contributed by atoms with E-state index in [-0.39, 0.29) is 13.0 Å². The van der Waals surface area contributed by atoms with Gasteiger partial charge in [-0.15, -0.1) is 0 Å². The number of H-pyrrole nitrogens is 1. The first-order valence-corrected chi connectivity index (χ1v) is 6.17. The van der Waals surface area contributed by atoms with Gasteiger partial charge in [-0.05, 0) is 6.92 Å². The molecule has 1 saturated heterocycles. The van der Waals surface area contributed by atoms with Gasteiger partial charge in [-0.3, -0.25) is 19.1 Å². The van der Waals surface area contributed by atoms with Crippen LogP contribution in [0, 0.1) is 6.92 Å². The number of aryl methyl sites for hydroxylation is 1. The molecule has 1 fully saturated rings. The first-order chi connectivity index (χ1) is 9.38. The lowest BCUT2D eigenvalue weighted by molar-refractivity contribution is -0.147. The van der Waals surface area contributed by atoms with Gasteiger partial charge in [0.2, 0.25) is 0 Å². The molecule has 110 valence electrons. The van der Waals surface area contributed by atoms with Gasteiger partial charge in [-0.1, -0.05) is 0 Å². The van der Waals surface area contributed by atoms with E-state index in [4.69, 9.17) is 9.47 Å². The van der Waals surface area contributed by atoms with Gasteiger partial charge in [0, 0.05) is 25.1 Å². The van der Waals surface area contributed by atoms with Crippen molar-refractivity contribution in [3.63, 3.8) is 0 Å². The molecule has 0 saturated carbocycles. The molecule has 8 nitrogen and oxygen atoms in total. The van der Waals surface area contributed by atoms with Crippen molar-refractivity contribution in [3.05, 3.63) is 32.6 Å². The van der Waals surface area contributed by atoms with Crippen LogP contribution in [0.5, 0.6) is 0 Å². The first kappa shape index (κ1) is 14.5. The number of esters is 1. The Morgan fingerprint density at radius 2 is 2.30 bits per heavy atom. The maximum absolute atomic E-state index is 11.7. The van der Waals surface area contributed by atoms with E-state index >= 15 is 0 Å². The summed E-state index contributed by atoms with van der Waals surface area (Å²) in [5.41, 5.74) is -0.696. The summed E-state index contributed by atoms with van der Waals surface area (Å²) in [6.45, 7) is 2.75. The summed E-state index contributed by atoms with van der Waals surface area (Å²) in [7, 11) is 0. The molecule has 8 heteroatoms. The molecule has 3 unspecified atom stereocenters. The zero-order chi connectivity index (χ0) is 14.9. The maximum atomic E-state index is 11.7. The van der Waals surface area contributed by atoms with E-state index in [1.54, 1.807) is 6.92 Å². The lowest BCUT2D eigenvalue weighted by atomic mass is 10.2. The number of carbonyl (C=O) groups is 1. The monoisotopic (exact) mass is 284 g/mol. The van der Waals surface area contributed by atoms with Crippen molar-refractivity contribution < 1.29 is 19.4 Å². The molecule has 0 spiro atoms. The number of hydrogen-bond donors (Lipinski definition) is 2. The van der Waals surface area contributed by atoms with Gasteiger partial charge in [-0.2, -0.15) is 0 Å². The van der Waals surface area contributed by atoms with Crippen LogP contribution < -0.4 is 11.2 Å². The summed E-state index contributed by atoms with van der Waals surface area (Å²) in [5, 5.41) is 9.84. The zero-order valence-corrected chi connectivity index (χ0v) is 11.2. The number of aliphatic hydroxyl groups excluding tert-OH is 1. The van der Waals surface area contributed by atoms with Crippen LogP contribution >= 0.6 is 0 Å². The van der Waals surface area contributed by atoms with Crippen molar-refractivity contribution >= 4 is 5.97 Å². The summed E-state index contributed by atoms with van der Waals surface area (Å²) < 4.78 is 11.5. The quantitative estimate of drug-likeness (QED) is 0.693. The Labute approximate surface area is 114 Å². The summed E-state index contributed by atoms with van der Waals surface area (Å²) >= 11 is 0. The molecule has 0 radical (unpaired) electrons. The van der Waals surface area contributed by atoms with Gasteiger partial charge in [0.15, 0.2) is 0 Å². The molecule has 1 aromatic rings. The number of nitrogens with one attached hydrogen (secondary N) is 1. The third-order valence-corrected chi connectivity index (χ3v) is 3.11. The highest BCUT2D eigenvalue weighted by Gasteiger charge is 2.36. The van der Waals surface area contributed by atoms with E-state index in [1.807, 2.05) is 0 Å². The van der Waals surface area contributed by atoms with Crippen LogP contribution in [0.2, 0.25) is 0 Å². The van der Waals surface area contributed by atoms with Crippen molar-refractivity contribution in [1.29, 1.82) is 0 Å². The number of ether oxygens (including phenoxy) is 2. The fraction of sp³-hybridized carbons (Fsp3) is 0.583. The summed E-state index contributed by atoms with van der Waals surface area (Å²) in [6.07, 6.45) is -0.681. The molecule has 2 N–H and O–H groups in total. The maximum Gasteiger partial charge on any atom is 0.330 e. The number of carbonyl (C=O) groups excluding carboxylic acids is 1. The Hall–Kier alpha value is -1.93. The minimum atomic E-state index is -0.849. The van der Waals surface area contributed by atoms with Gasteiger partial charge in [0.05, 0.1) is 6.10 Å². The third kappa shape index (κ3) is 2.97. The molecule has 0 amide bonds. The SMILES string of the molecule is CC(=O)OCC1OC(n2cc(C)c(=O)[nH]c2=O)CC1O. The predicted molar refractivity (Wildman–Crippen MR) is 67.2 cm³/mol. The second-order valence-electron chi connectivity index (χ2n) is 4.71. The molecule has 0 aliphatic carbocycles. The van der Waals surface area contributed by atoms with Crippen LogP contribution in [0.3, 0.4) is 0 Å². The van der Waals surface area contributed by atoms with E-state index < -0.39 is 35.7 Å². The number of nitrogens with zero attached hydrogens (tertiary/aromatic N) is 1. The molecule has 1 aromatic heterocycles. The van der Waals surface area contributed by atoms with Crippen molar-refractivity contribution in [2.75, 3.05) is 6.61 Å². The predicted octanol–water partition coefficient (Wildman–Crippen LogP) is -0.943. The molecule has 1 aliphatic rings. The highest BCUT2D eigenvalue weighted by atomic mass is 16.6. The topological polar surface area (TPSA) is 111 Å². The fourth-order valence-electron chi connectivity index (χ4n) is 2.04. The van der Waals surface area contributed by atoms with Crippen LogP contribution in [-0.4, -0.2) is 39.4 Å². The minimum absolute atomic E-state index is 0.0793. The summed E-state index contributed by atoms with van der Waals surface area (Å²) in [6, 6.07) is 0. The molecule has 3 atom stereocenters. The largest absolute Gasteiger partial charge is 0.463 e. The lowest BCUT2D eigenvalue weighted by Crippen LogP contribution is -2.33. The third-order valence-electron chi connectivity index (χ3n) is 3.11. The second-order valence-corrected chi connectivity index (χ2v) is 4.71. The Balaban J connectivity index is 2.16. The van der Waals surface area contributed by atoms with Gasteiger partial charge in [0.1, 0.15) is 18.9 Å². The van der Waals surface area contributed by atoms with Crippen molar-refractivity contribution in [3.8, 4) is 0 Å². The van der Waals surface area contributed by atoms with Crippen LogP contribution in [0.1, 0.15) is 25.1 Å². The Morgan fingerprint density at radius 3 is 2.95 bits per heavy atom. The smallest absolute Gasteiger partial charge is 0.330 e. The molecular formula is C12H16N2O6. The Bertz CT molecular complexity index is 619. The number of aromatic nitrogens is 2. The van der Waals surface area contributed by atoms with Crippen molar-refractivity contribution in [2.24, 2.45) is 0 Å². The Kier molecular flexibility index (Phi) is 4.05. The molecule has 1 aliphatic heterocycles. The van der Waals surface area contributed by atoms with Gasteiger partial charge in [0.25, 0.3) is 5.56 Å². The highest BCUT2D eigenvalue weighted by Crippen LogP contribution is 2.27. The number of aliphatic hydroxyl groups is 1. The number of rotatable bonds is 3. The molecular weight excluding hydrogens is 268 g/mol. The Morgan fingerprint density at radius 1 is 1.60 bits per heavy atom. The van der Waals surface area contributed by atoms with Crippen LogP contribution in [0.25, 0.3) is 0 Å². The van der Waals surface area contributed by atoms with Crippen LogP contribution in [-0.2, 0) is 14.3 Å². The molecule has 2 rings (SSSR count). The van der Waals surface area contributed by atoms with E-state index in [9.17, 15) is 19.5 Å². The standard InChI is InChI=1S/C12H16N2O6/c1-6-4-14(12(18)13-11(6)17)10-3-8(16)9(20-10)5-19-7(2)15/h4,8-10,16H,3,5H2,1-2H3,(H,13,17,18). The van der Waals surface area contributed by atoms with E-state index in [2.05, 4.69) is 4.98 Å². The molecule has 20 heavy (non-hydrogen) atoms. The highest BCUT2D eigenvalue weighted by molar-refractivity contribution is 5.65. The zero-order valence-electron chi connectivity index (χ0n) is 11.2. The number of hydrogen-bond acceptors (Lipinski definition) is 6. The van der Waals surface area contributed by atoms with Crippen molar-refractivity contribution in [1.82, 2.24) is 9.55 Å². The first-order valence-electron chi connectivity index (χ1n) is 6.17. The van der Waals surface area contributed by atoms with Crippen LogP contribution in [0.4, 0.5) is 0 Å². The number of aromatic amines is 1. The summed E-state index contributed by atoms with van der Waals surface area (Å²) in [5.74, 6) is -0.471. The van der Waals surface area contributed by atoms with Gasteiger partial charge in [-0.25, -0.2) is 4.79 Å². The van der Waals surface area contributed by atoms with E-state index in [0.29, 0.717) is 5.56 Å². The van der Waals surface area contributed by atoms with Gasteiger partial charge < -0.3 is 14.6 Å². The van der Waals surface area contributed by atoms with E-state index in [0.717, 1.165) is 0 Å². The average Bonchev–Trinajstić information content (AvgIpc) is 2.72. The van der Waals surface area contributed by atoms with Crippen LogP contribution in [0.15, 0.2) is 15.8 Å². The normalized spacial score (nSPS) is 25.6. The molecule has 0 aromatic carbocycles. The van der Waals surface area contributed by atoms with Crippen molar-refractivity contribution in [2.45, 2.75) is 38.7 Å².